The fourth-order valence-electron chi connectivity index (χ4n) is 2.88. The van der Waals surface area contributed by atoms with Crippen molar-refractivity contribution < 1.29 is 9.84 Å². The van der Waals surface area contributed by atoms with E-state index in [1.54, 1.807) is 20.2 Å². The van der Waals surface area contributed by atoms with E-state index in [9.17, 15) is 5.11 Å². The van der Waals surface area contributed by atoms with Crippen LogP contribution in [0.4, 0.5) is 0 Å². The molecule has 0 aliphatic heterocycles. The number of aryl methyl sites for hydroxylation is 1. The van der Waals surface area contributed by atoms with Crippen molar-refractivity contribution in [1.29, 1.82) is 0 Å². The first kappa shape index (κ1) is 24.2. The number of hydrogen-bond acceptors (Lipinski definition) is 4. The number of aromatic nitrogens is 1. The van der Waals surface area contributed by atoms with Gasteiger partial charge in [0.2, 0.25) is 0 Å². The largest absolute Gasteiger partial charge is 0.496 e. The first-order valence-corrected chi connectivity index (χ1v) is 9.18. The molecular weight excluding hydrogens is 467 g/mol. The van der Waals surface area contributed by atoms with Crippen molar-refractivity contribution in [2.24, 2.45) is 4.99 Å². The Hall–Kier alpha value is -1.87. The molecule has 0 fully saturated rings. The monoisotopic (exact) mass is 498 g/mol. The normalized spacial score (nSPS) is 13.3. The van der Waals surface area contributed by atoms with Crippen LogP contribution in [0.2, 0.25) is 0 Å². The standard InChI is InChI=1S/C21H30N4O2.HI/c1-6-22-20(25-14-21(4,26)17-10-8-7-9-11-17)24-13-18-16(3)19(27-5)15(2)12-23-18;/h7-12,26H,6,13-14H2,1-5H3,(H2,22,24,25);1H. The smallest absolute Gasteiger partial charge is 0.191 e. The third-order valence-corrected chi connectivity index (χ3v) is 4.48. The highest BCUT2D eigenvalue weighted by Gasteiger charge is 2.23. The molecule has 28 heavy (non-hydrogen) atoms. The number of benzene rings is 1. The lowest BCUT2D eigenvalue weighted by molar-refractivity contribution is 0.0617. The van der Waals surface area contributed by atoms with Crippen molar-refractivity contribution in [2.45, 2.75) is 39.8 Å². The Kier molecular flexibility index (Phi) is 9.68. The molecular formula is C21H31IN4O2. The number of nitrogens with zero attached hydrogens (tertiary/aromatic N) is 2. The molecule has 0 saturated heterocycles. The van der Waals surface area contributed by atoms with Crippen LogP contribution < -0.4 is 15.4 Å². The number of halogens is 1. The molecule has 0 aliphatic rings. The minimum Gasteiger partial charge on any atom is -0.496 e. The van der Waals surface area contributed by atoms with E-state index in [-0.39, 0.29) is 24.0 Å². The number of aliphatic imine (C=N–C) groups is 1. The lowest BCUT2D eigenvalue weighted by Gasteiger charge is -2.25. The number of pyridine rings is 1. The Labute approximate surface area is 184 Å². The summed E-state index contributed by atoms with van der Waals surface area (Å²) in [5, 5.41) is 17.2. The van der Waals surface area contributed by atoms with Gasteiger partial charge >= 0.3 is 0 Å². The van der Waals surface area contributed by atoms with Gasteiger partial charge in [-0.25, -0.2) is 4.99 Å². The quantitative estimate of drug-likeness (QED) is 0.310. The number of rotatable bonds is 7. The van der Waals surface area contributed by atoms with Crippen molar-refractivity contribution in [2.75, 3.05) is 20.2 Å². The summed E-state index contributed by atoms with van der Waals surface area (Å²) in [4.78, 5) is 9.09. The lowest BCUT2D eigenvalue weighted by atomic mass is 9.96. The van der Waals surface area contributed by atoms with E-state index in [1.807, 2.05) is 51.1 Å². The minimum atomic E-state index is -1.00. The van der Waals surface area contributed by atoms with Gasteiger partial charge in [0, 0.05) is 23.9 Å². The highest BCUT2D eigenvalue weighted by molar-refractivity contribution is 14.0. The summed E-state index contributed by atoms with van der Waals surface area (Å²) in [6.45, 7) is 9.24. The summed E-state index contributed by atoms with van der Waals surface area (Å²) in [5.74, 6) is 1.48. The number of nitrogens with one attached hydrogen (secondary N) is 2. The van der Waals surface area contributed by atoms with Gasteiger partial charge in [0.15, 0.2) is 5.96 Å². The Morgan fingerprint density at radius 2 is 1.89 bits per heavy atom. The van der Waals surface area contributed by atoms with Gasteiger partial charge in [0.1, 0.15) is 11.4 Å². The van der Waals surface area contributed by atoms with Crippen LogP contribution in [0, 0.1) is 13.8 Å². The van der Waals surface area contributed by atoms with E-state index in [4.69, 9.17) is 4.74 Å². The second kappa shape index (κ2) is 11.2. The van der Waals surface area contributed by atoms with Crippen LogP contribution >= 0.6 is 24.0 Å². The van der Waals surface area contributed by atoms with Gasteiger partial charge in [-0.3, -0.25) is 4.98 Å². The SMILES string of the molecule is CCNC(=NCc1ncc(C)c(OC)c1C)NCC(C)(O)c1ccccc1.I. The summed E-state index contributed by atoms with van der Waals surface area (Å²) in [7, 11) is 1.67. The molecule has 1 atom stereocenters. The predicted octanol–water partition coefficient (Wildman–Crippen LogP) is 3.29. The summed E-state index contributed by atoms with van der Waals surface area (Å²) >= 11 is 0. The van der Waals surface area contributed by atoms with Crippen LogP contribution in [-0.2, 0) is 12.1 Å². The van der Waals surface area contributed by atoms with Crippen molar-refractivity contribution in [3.63, 3.8) is 0 Å². The third kappa shape index (κ3) is 6.34. The summed E-state index contributed by atoms with van der Waals surface area (Å²) in [6.07, 6.45) is 1.80. The number of guanidine groups is 1. The van der Waals surface area contributed by atoms with Crippen molar-refractivity contribution in [3.05, 3.63) is 58.9 Å². The van der Waals surface area contributed by atoms with Crippen molar-refractivity contribution in [3.8, 4) is 5.75 Å². The first-order chi connectivity index (χ1) is 12.9. The van der Waals surface area contributed by atoms with Gasteiger partial charge in [-0.15, -0.1) is 24.0 Å². The molecule has 0 aliphatic carbocycles. The summed E-state index contributed by atoms with van der Waals surface area (Å²) < 4.78 is 5.46. The van der Waals surface area contributed by atoms with E-state index in [0.717, 1.165) is 34.7 Å². The van der Waals surface area contributed by atoms with Gasteiger partial charge in [-0.2, -0.15) is 0 Å². The number of hydrogen-bond donors (Lipinski definition) is 3. The average Bonchev–Trinajstić information content (AvgIpc) is 2.66. The van der Waals surface area contributed by atoms with Gasteiger partial charge in [-0.1, -0.05) is 30.3 Å². The molecule has 1 heterocycles. The van der Waals surface area contributed by atoms with Crippen LogP contribution in [0.3, 0.4) is 0 Å². The zero-order valence-electron chi connectivity index (χ0n) is 17.2. The molecule has 2 rings (SSSR count). The Morgan fingerprint density at radius 3 is 2.50 bits per heavy atom. The Morgan fingerprint density at radius 1 is 1.21 bits per heavy atom. The number of aliphatic hydroxyl groups is 1. The van der Waals surface area contributed by atoms with Gasteiger partial charge in [-0.05, 0) is 33.3 Å². The predicted molar refractivity (Wildman–Crippen MR) is 125 cm³/mol. The summed E-state index contributed by atoms with van der Waals surface area (Å²) in [6, 6.07) is 9.60. The maximum atomic E-state index is 10.8. The van der Waals surface area contributed by atoms with E-state index >= 15 is 0 Å². The van der Waals surface area contributed by atoms with Gasteiger partial charge in [0.25, 0.3) is 0 Å². The van der Waals surface area contributed by atoms with Crippen molar-refractivity contribution in [1.82, 2.24) is 15.6 Å². The van der Waals surface area contributed by atoms with Gasteiger partial charge < -0.3 is 20.5 Å². The molecule has 0 amide bonds. The molecule has 6 nitrogen and oxygen atoms in total. The third-order valence-electron chi connectivity index (χ3n) is 4.48. The summed E-state index contributed by atoms with van der Waals surface area (Å²) in [5.41, 5.74) is 2.72. The fraction of sp³-hybridized carbons (Fsp3) is 0.429. The Balaban J connectivity index is 0.00000392. The van der Waals surface area contributed by atoms with Crippen LogP contribution in [0.15, 0.2) is 41.5 Å². The second-order valence-electron chi connectivity index (χ2n) is 6.73. The fourth-order valence-corrected chi connectivity index (χ4v) is 2.88. The zero-order chi connectivity index (χ0) is 19.9. The molecule has 3 N–H and O–H groups in total. The molecule has 0 radical (unpaired) electrons. The molecule has 1 unspecified atom stereocenters. The van der Waals surface area contributed by atoms with E-state index in [0.29, 0.717) is 19.0 Å². The van der Waals surface area contributed by atoms with Crippen LogP contribution in [0.1, 0.15) is 36.2 Å². The minimum absolute atomic E-state index is 0. The Bertz CT molecular complexity index is 779. The zero-order valence-corrected chi connectivity index (χ0v) is 19.6. The maximum absolute atomic E-state index is 10.8. The van der Waals surface area contributed by atoms with Gasteiger partial charge in [0.05, 0.1) is 25.9 Å². The van der Waals surface area contributed by atoms with E-state index in [1.165, 1.54) is 0 Å². The average molecular weight is 498 g/mol. The molecule has 1 aromatic heterocycles. The topological polar surface area (TPSA) is 78.8 Å². The highest BCUT2D eigenvalue weighted by atomic mass is 127. The first-order valence-electron chi connectivity index (χ1n) is 9.18. The lowest BCUT2D eigenvalue weighted by Crippen LogP contribution is -2.44. The molecule has 1 aromatic carbocycles. The second-order valence-corrected chi connectivity index (χ2v) is 6.73. The maximum Gasteiger partial charge on any atom is 0.191 e. The van der Waals surface area contributed by atoms with Crippen LogP contribution in [0.25, 0.3) is 0 Å². The molecule has 154 valence electrons. The number of ether oxygens (including phenoxy) is 1. The van der Waals surface area contributed by atoms with E-state index < -0.39 is 5.60 Å². The highest BCUT2D eigenvalue weighted by Crippen LogP contribution is 2.24. The van der Waals surface area contributed by atoms with Crippen LogP contribution in [-0.4, -0.2) is 36.2 Å². The molecule has 0 saturated carbocycles. The molecule has 7 heteroatoms. The molecule has 2 aromatic rings. The van der Waals surface area contributed by atoms with Crippen LogP contribution in [0.5, 0.6) is 5.75 Å². The number of methoxy groups -OCH3 is 1. The van der Waals surface area contributed by atoms with E-state index in [2.05, 4.69) is 20.6 Å². The molecule has 0 spiro atoms. The van der Waals surface area contributed by atoms with Crippen molar-refractivity contribution >= 4 is 29.9 Å². The molecule has 0 bridgehead atoms.